The van der Waals surface area contributed by atoms with Crippen molar-refractivity contribution in [1.82, 2.24) is 0 Å². The number of benzene rings is 2. The van der Waals surface area contributed by atoms with Crippen LogP contribution in [0, 0.1) is 0 Å². The van der Waals surface area contributed by atoms with Gasteiger partial charge in [0.2, 0.25) is 0 Å². The molecule has 13 heavy (non-hydrogen) atoms. The van der Waals surface area contributed by atoms with Gasteiger partial charge in [-0.2, -0.15) is 12.6 Å². The predicted molar refractivity (Wildman–Crippen MR) is 62.0 cm³/mol. The minimum atomic E-state index is 1.22. The number of rotatable bonds is 1. The molecule has 0 nitrogen and oxygen atoms in total. The molecule has 64 valence electrons. The fourth-order valence-electron chi connectivity index (χ4n) is 1.48. The lowest BCUT2D eigenvalue weighted by Gasteiger charge is -2.00. The van der Waals surface area contributed by atoms with Crippen LogP contribution >= 0.6 is 12.6 Å². The molecule has 0 radical (unpaired) electrons. The molecule has 0 N–H and O–H groups in total. The Balaban J connectivity index is 2.75. The summed E-state index contributed by atoms with van der Waals surface area (Å²) in [5.41, 5.74) is 1.22. The van der Waals surface area contributed by atoms with E-state index in [9.17, 15) is 0 Å². The van der Waals surface area contributed by atoms with Crippen LogP contribution in [-0.4, -0.2) is 0 Å². The molecule has 0 heterocycles. The van der Waals surface area contributed by atoms with Crippen molar-refractivity contribution in [3.8, 4) is 0 Å². The number of hydrogen-bond acceptors (Lipinski definition) is 1. The molecule has 2 aromatic rings. The van der Waals surface area contributed by atoms with E-state index in [4.69, 9.17) is 0 Å². The van der Waals surface area contributed by atoms with Crippen molar-refractivity contribution >= 4 is 29.5 Å². The third-order valence-corrected chi connectivity index (χ3v) is 2.23. The summed E-state index contributed by atoms with van der Waals surface area (Å²) in [6.45, 7) is 0. The van der Waals surface area contributed by atoms with Crippen molar-refractivity contribution in [3.63, 3.8) is 0 Å². The van der Waals surface area contributed by atoms with E-state index in [1.165, 1.54) is 16.3 Å². The van der Waals surface area contributed by atoms with E-state index in [-0.39, 0.29) is 0 Å². The van der Waals surface area contributed by atoms with E-state index < -0.39 is 0 Å². The molecule has 1 heteroatoms. The highest BCUT2D eigenvalue weighted by atomic mass is 32.1. The van der Waals surface area contributed by atoms with Gasteiger partial charge in [-0.1, -0.05) is 42.5 Å². The Morgan fingerprint density at radius 2 is 1.69 bits per heavy atom. The normalized spacial score (nSPS) is 11.2. The molecule has 2 rings (SSSR count). The first-order chi connectivity index (χ1) is 6.42. The van der Waals surface area contributed by atoms with Crippen molar-refractivity contribution in [2.45, 2.75) is 0 Å². The zero-order chi connectivity index (χ0) is 9.10. The summed E-state index contributed by atoms with van der Waals surface area (Å²) in [6, 6.07) is 14.6. The molecule has 2 aromatic carbocycles. The van der Waals surface area contributed by atoms with Gasteiger partial charge in [0.1, 0.15) is 0 Å². The van der Waals surface area contributed by atoms with Crippen molar-refractivity contribution in [1.29, 1.82) is 0 Å². The predicted octanol–water partition coefficient (Wildman–Crippen LogP) is 3.74. The average molecular weight is 186 g/mol. The van der Waals surface area contributed by atoms with Crippen LogP contribution in [0.15, 0.2) is 47.9 Å². The van der Waals surface area contributed by atoms with Crippen LogP contribution in [0.4, 0.5) is 0 Å². The molecule has 0 bridgehead atoms. The molecular formula is C12H10S. The van der Waals surface area contributed by atoms with Gasteiger partial charge in [0.05, 0.1) is 0 Å². The summed E-state index contributed by atoms with van der Waals surface area (Å²) in [5, 5.41) is 4.31. The second kappa shape index (κ2) is 3.67. The van der Waals surface area contributed by atoms with Gasteiger partial charge in [0.25, 0.3) is 0 Å². The van der Waals surface area contributed by atoms with E-state index in [0.717, 1.165) is 0 Å². The van der Waals surface area contributed by atoms with Crippen LogP contribution in [0.5, 0.6) is 0 Å². The number of fused-ring (bicyclic) bond motifs is 1. The van der Waals surface area contributed by atoms with Crippen LogP contribution in [0.2, 0.25) is 0 Å². The maximum Gasteiger partial charge on any atom is -0.0111 e. The summed E-state index contributed by atoms with van der Waals surface area (Å²) in [4.78, 5) is 0. The molecule has 0 unspecified atom stereocenters. The lowest BCUT2D eigenvalue weighted by molar-refractivity contribution is 1.72. The lowest BCUT2D eigenvalue weighted by Crippen LogP contribution is -1.76. The first-order valence-corrected chi connectivity index (χ1v) is 4.72. The van der Waals surface area contributed by atoms with Gasteiger partial charge in [0, 0.05) is 0 Å². The first kappa shape index (κ1) is 8.39. The van der Waals surface area contributed by atoms with E-state index in [1.807, 2.05) is 6.08 Å². The van der Waals surface area contributed by atoms with Crippen molar-refractivity contribution in [2.75, 3.05) is 0 Å². The highest BCUT2D eigenvalue weighted by Crippen LogP contribution is 2.19. The van der Waals surface area contributed by atoms with Gasteiger partial charge in [-0.25, -0.2) is 0 Å². The molecule has 0 atom stereocenters. The largest absolute Gasteiger partial charge is 0.151 e. The zero-order valence-corrected chi connectivity index (χ0v) is 8.04. The maximum atomic E-state index is 4.08. The molecule has 0 aromatic heterocycles. The summed E-state index contributed by atoms with van der Waals surface area (Å²) in [5.74, 6) is 0. The Morgan fingerprint density at radius 3 is 2.54 bits per heavy atom. The minimum absolute atomic E-state index is 1.22. The molecule has 0 amide bonds. The van der Waals surface area contributed by atoms with Crippen molar-refractivity contribution in [2.24, 2.45) is 0 Å². The number of hydrogen-bond donors (Lipinski definition) is 1. The van der Waals surface area contributed by atoms with Crippen molar-refractivity contribution in [3.05, 3.63) is 53.4 Å². The van der Waals surface area contributed by atoms with Gasteiger partial charge in [-0.15, -0.1) is 0 Å². The summed E-state index contributed by atoms with van der Waals surface area (Å²) in [6.07, 6.45) is 2.01. The second-order valence-electron chi connectivity index (χ2n) is 2.88. The lowest BCUT2D eigenvalue weighted by atomic mass is 10.1. The van der Waals surface area contributed by atoms with Crippen LogP contribution in [-0.2, 0) is 0 Å². The third kappa shape index (κ3) is 1.61. The Morgan fingerprint density at radius 1 is 0.923 bits per heavy atom. The molecule has 0 spiro atoms. The Bertz CT molecular complexity index is 438. The summed E-state index contributed by atoms with van der Waals surface area (Å²) in [7, 11) is 0. The van der Waals surface area contributed by atoms with Gasteiger partial charge in [0.15, 0.2) is 0 Å². The Hall–Kier alpha value is -1.21. The quantitative estimate of drug-likeness (QED) is 0.644. The van der Waals surface area contributed by atoms with Crippen LogP contribution in [0.25, 0.3) is 16.8 Å². The summed E-state index contributed by atoms with van der Waals surface area (Å²) >= 11 is 4.08. The van der Waals surface area contributed by atoms with Crippen LogP contribution < -0.4 is 0 Å². The molecule has 0 aliphatic carbocycles. The number of thiol groups is 1. The van der Waals surface area contributed by atoms with Gasteiger partial charge in [-0.05, 0) is 27.8 Å². The van der Waals surface area contributed by atoms with Gasteiger partial charge < -0.3 is 0 Å². The Kier molecular flexibility index (Phi) is 2.37. The molecule has 0 fully saturated rings. The van der Waals surface area contributed by atoms with E-state index in [2.05, 4.69) is 55.1 Å². The van der Waals surface area contributed by atoms with Crippen LogP contribution in [0.1, 0.15) is 5.56 Å². The van der Waals surface area contributed by atoms with Gasteiger partial charge in [-0.3, -0.25) is 0 Å². The van der Waals surface area contributed by atoms with E-state index in [0.29, 0.717) is 0 Å². The highest BCUT2D eigenvalue weighted by Gasteiger charge is 1.94. The smallest absolute Gasteiger partial charge is 0.0111 e. The van der Waals surface area contributed by atoms with E-state index in [1.54, 1.807) is 5.41 Å². The topological polar surface area (TPSA) is 0 Å². The zero-order valence-electron chi connectivity index (χ0n) is 7.14. The first-order valence-electron chi connectivity index (χ1n) is 4.20. The molecular weight excluding hydrogens is 176 g/mol. The fraction of sp³-hybridized carbons (Fsp3) is 0. The average Bonchev–Trinajstić information content (AvgIpc) is 2.19. The molecule has 0 saturated heterocycles. The molecule has 0 aliphatic heterocycles. The monoisotopic (exact) mass is 186 g/mol. The molecule has 0 saturated carbocycles. The molecule has 0 aliphatic rings. The highest BCUT2D eigenvalue weighted by molar-refractivity contribution is 7.83. The second-order valence-corrected chi connectivity index (χ2v) is 3.18. The minimum Gasteiger partial charge on any atom is -0.151 e. The Labute approximate surface area is 83.3 Å². The standard InChI is InChI=1S/C12H10S/c13-9-8-11-6-3-5-10-4-1-2-7-12(10)11/h1-9,13H. The fourth-order valence-corrected chi connectivity index (χ4v) is 1.64. The summed E-state index contributed by atoms with van der Waals surface area (Å²) < 4.78 is 0. The van der Waals surface area contributed by atoms with E-state index >= 15 is 0 Å². The third-order valence-electron chi connectivity index (χ3n) is 2.08. The maximum absolute atomic E-state index is 4.08. The van der Waals surface area contributed by atoms with Crippen molar-refractivity contribution < 1.29 is 0 Å². The van der Waals surface area contributed by atoms with Gasteiger partial charge >= 0.3 is 0 Å². The SMILES string of the molecule is SC=Cc1cccc2ccccc12. The van der Waals surface area contributed by atoms with Crippen LogP contribution in [0.3, 0.4) is 0 Å².